The van der Waals surface area contributed by atoms with E-state index in [1.807, 2.05) is 11.3 Å². The number of benzene rings is 5. The summed E-state index contributed by atoms with van der Waals surface area (Å²) in [6, 6.07) is 37.9. The third-order valence-corrected chi connectivity index (χ3v) is 7.98. The zero-order valence-corrected chi connectivity index (χ0v) is 19.5. The summed E-state index contributed by atoms with van der Waals surface area (Å²) in [6.45, 7) is 0. The molecule has 0 saturated heterocycles. The van der Waals surface area contributed by atoms with Gasteiger partial charge in [0.05, 0.1) is 10.2 Å². The second-order valence-corrected chi connectivity index (χ2v) is 10.9. The highest BCUT2D eigenvalue weighted by atomic mass is 32.1. The lowest BCUT2D eigenvalue weighted by atomic mass is 9.92. The maximum Gasteiger partial charge on any atom is 0.0514 e. The first-order valence-electron chi connectivity index (χ1n) is 10.3. The van der Waals surface area contributed by atoms with Gasteiger partial charge in [0.1, 0.15) is 0 Å². The Morgan fingerprint density at radius 2 is 0.933 bits per heavy atom. The molecule has 6 rings (SSSR count). The molecule has 0 nitrogen and oxygen atoms in total. The van der Waals surface area contributed by atoms with Crippen molar-refractivity contribution in [3.05, 3.63) is 103 Å². The van der Waals surface area contributed by atoms with Crippen molar-refractivity contribution in [1.82, 2.24) is 0 Å². The summed E-state index contributed by atoms with van der Waals surface area (Å²) in [5, 5.41) is 7.94. The van der Waals surface area contributed by atoms with E-state index in [2.05, 4.69) is 103 Å². The average molecular weight is 417 g/mol. The lowest BCUT2D eigenvalue weighted by Crippen LogP contribution is -1.88. The molecule has 0 amide bonds. The van der Waals surface area contributed by atoms with E-state index in [0.717, 1.165) is 10.2 Å². The van der Waals surface area contributed by atoms with Gasteiger partial charge in [-0.1, -0.05) is 91.0 Å². The minimum absolute atomic E-state index is 1.12. The standard InChI is InChI=1S/C28H20SSi/c30-28-16-15-27(29-28)19-11-9-18(10-12-19)20-13-14-25-23-7-2-1-5-21(23)22-6-3-4-8-24(22)26(25)17-20/h1-17H,30H3. The van der Waals surface area contributed by atoms with Crippen LogP contribution in [-0.4, -0.2) is 10.2 Å². The molecule has 0 unspecified atom stereocenters. The molecule has 2 heteroatoms. The van der Waals surface area contributed by atoms with E-state index in [1.54, 1.807) is 0 Å². The van der Waals surface area contributed by atoms with Crippen LogP contribution >= 0.6 is 11.3 Å². The zero-order valence-electron chi connectivity index (χ0n) is 16.7. The van der Waals surface area contributed by atoms with E-state index in [-0.39, 0.29) is 0 Å². The SMILES string of the molecule is [SiH3]c1ccc(-c2ccc(-c3ccc4c5ccccc5c5ccccc5c4c3)cc2)s1. The van der Waals surface area contributed by atoms with Gasteiger partial charge in [0.2, 0.25) is 0 Å². The third-order valence-electron chi connectivity index (χ3n) is 5.99. The van der Waals surface area contributed by atoms with E-state index in [0.29, 0.717) is 0 Å². The fourth-order valence-electron chi connectivity index (χ4n) is 4.50. The van der Waals surface area contributed by atoms with Gasteiger partial charge in [-0.3, -0.25) is 0 Å². The van der Waals surface area contributed by atoms with Gasteiger partial charge in [-0.2, -0.15) is 0 Å². The van der Waals surface area contributed by atoms with Gasteiger partial charge in [0.25, 0.3) is 0 Å². The number of hydrogen-bond acceptors (Lipinski definition) is 1. The number of thiophene rings is 1. The molecule has 5 aromatic carbocycles. The second kappa shape index (κ2) is 6.94. The number of hydrogen-bond donors (Lipinski definition) is 0. The second-order valence-electron chi connectivity index (χ2n) is 7.84. The van der Waals surface area contributed by atoms with Crippen LogP contribution in [0.3, 0.4) is 0 Å². The van der Waals surface area contributed by atoms with Gasteiger partial charge >= 0.3 is 0 Å². The minimum atomic E-state index is 1.12. The van der Waals surface area contributed by atoms with Crippen LogP contribution in [0.5, 0.6) is 0 Å². The molecule has 0 N–H and O–H groups in total. The molecular formula is C28H20SSi. The Labute approximate surface area is 182 Å². The lowest BCUT2D eigenvalue weighted by molar-refractivity contribution is 1.65. The highest BCUT2D eigenvalue weighted by Crippen LogP contribution is 2.37. The Hall–Kier alpha value is -3.20. The van der Waals surface area contributed by atoms with Gasteiger partial charge in [-0.25, -0.2) is 0 Å². The Balaban J connectivity index is 1.55. The third kappa shape index (κ3) is 2.80. The van der Waals surface area contributed by atoms with Crippen LogP contribution in [0.4, 0.5) is 0 Å². The first-order chi connectivity index (χ1) is 14.8. The molecule has 0 bridgehead atoms. The molecule has 0 fully saturated rings. The fourth-order valence-corrected chi connectivity index (χ4v) is 6.20. The zero-order chi connectivity index (χ0) is 20.1. The average Bonchev–Trinajstić information content (AvgIpc) is 3.25. The maximum absolute atomic E-state index is 2.36. The van der Waals surface area contributed by atoms with Gasteiger partial charge in [-0.05, 0) is 65.6 Å². The smallest absolute Gasteiger partial charge is 0.0514 e. The molecule has 1 aromatic heterocycles. The van der Waals surface area contributed by atoms with Crippen LogP contribution in [0.1, 0.15) is 0 Å². The summed E-state index contributed by atoms with van der Waals surface area (Å²) >= 11 is 1.91. The highest BCUT2D eigenvalue weighted by Gasteiger charge is 2.09. The molecular weight excluding hydrogens is 396 g/mol. The molecule has 0 aliphatic heterocycles. The van der Waals surface area contributed by atoms with E-state index < -0.39 is 0 Å². The molecule has 30 heavy (non-hydrogen) atoms. The molecule has 0 spiro atoms. The number of fused-ring (bicyclic) bond motifs is 6. The van der Waals surface area contributed by atoms with Crippen LogP contribution in [0.2, 0.25) is 0 Å². The van der Waals surface area contributed by atoms with Crippen molar-refractivity contribution in [3.63, 3.8) is 0 Å². The quantitative estimate of drug-likeness (QED) is 0.222. The first kappa shape index (κ1) is 17.6. The Bertz CT molecular complexity index is 1510. The van der Waals surface area contributed by atoms with Crippen molar-refractivity contribution < 1.29 is 0 Å². The lowest BCUT2D eigenvalue weighted by Gasteiger charge is -2.12. The van der Waals surface area contributed by atoms with Crippen LogP contribution in [0.25, 0.3) is 53.9 Å². The van der Waals surface area contributed by atoms with Crippen LogP contribution < -0.4 is 4.50 Å². The Morgan fingerprint density at radius 3 is 1.50 bits per heavy atom. The van der Waals surface area contributed by atoms with Crippen molar-refractivity contribution in [2.45, 2.75) is 0 Å². The van der Waals surface area contributed by atoms with E-state index in [1.165, 1.54) is 58.4 Å². The summed E-state index contributed by atoms with van der Waals surface area (Å²) in [4.78, 5) is 1.36. The number of rotatable bonds is 2. The molecule has 0 aliphatic rings. The summed E-state index contributed by atoms with van der Waals surface area (Å²) in [5.74, 6) is 0. The monoisotopic (exact) mass is 416 g/mol. The highest BCUT2D eigenvalue weighted by molar-refractivity contribution is 7.23. The molecule has 0 saturated carbocycles. The minimum Gasteiger partial charge on any atom is -0.146 e. The van der Waals surface area contributed by atoms with E-state index >= 15 is 0 Å². The Kier molecular flexibility index (Phi) is 4.08. The first-order valence-corrected chi connectivity index (χ1v) is 12.1. The van der Waals surface area contributed by atoms with E-state index in [4.69, 9.17) is 0 Å². The summed E-state index contributed by atoms with van der Waals surface area (Å²) in [5.41, 5.74) is 3.84. The van der Waals surface area contributed by atoms with Gasteiger partial charge in [0.15, 0.2) is 0 Å². The molecule has 0 radical (unpaired) electrons. The van der Waals surface area contributed by atoms with Crippen molar-refractivity contribution in [2.24, 2.45) is 0 Å². The van der Waals surface area contributed by atoms with Gasteiger partial charge in [-0.15, -0.1) is 11.3 Å². The molecule has 0 atom stereocenters. The largest absolute Gasteiger partial charge is 0.146 e. The molecule has 6 aromatic rings. The molecule has 1 heterocycles. The Morgan fingerprint density at radius 1 is 0.433 bits per heavy atom. The maximum atomic E-state index is 2.36. The fraction of sp³-hybridized carbons (Fsp3) is 0. The van der Waals surface area contributed by atoms with Crippen LogP contribution in [-0.2, 0) is 0 Å². The molecule has 0 aliphatic carbocycles. The van der Waals surface area contributed by atoms with Crippen molar-refractivity contribution in [3.8, 4) is 21.6 Å². The van der Waals surface area contributed by atoms with Crippen molar-refractivity contribution >= 4 is 58.4 Å². The predicted molar refractivity (Wildman–Crippen MR) is 137 cm³/mol. The van der Waals surface area contributed by atoms with Crippen LogP contribution in [0, 0.1) is 0 Å². The van der Waals surface area contributed by atoms with Gasteiger partial charge in [0, 0.05) is 4.88 Å². The molecule has 142 valence electrons. The summed E-state index contributed by atoms with van der Waals surface area (Å²) in [7, 11) is 1.12. The van der Waals surface area contributed by atoms with Crippen LogP contribution in [0.15, 0.2) is 103 Å². The van der Waals surface area contributed by atoms with Crippen molar-refractivity contribution in [1.29, 1.82) is 0 Å². The normalized spacial score (nSPS) is 11.6. The van der Waals surface area contributed by atoms with Gasteiger partial charge < -0.3 is 0 Å². The van der Waals surface area contributed by atoms with E-state index in [9.17, 15) is 0 Å². The predicted octanol–water partition coefficient (Wildman–Crippen LogP) is 6.53. The summed E-state index contributed by atoms with van der Waals surface area (Å²) in [6.07, 6.45) is 0. The van der Waals surface area contributed by atoms with Crippen molar-refractivity contribution in [2.75, 3.05) is 0 Å². The summed E-state index contributed by atoms with van der Waals surface area (Å²) < 4.78 is 1.49. The topological polar surface area (TPSA) is 0 Å².